The van der Waals surface area contributed by atoms with Crippen LogP contribution < -0.4 is 11.3 Å². The summed E-state index contributed by atoms with van der Waals surface area (Å²) >= 11 is 0. The lowest BCUT2D eigenvalue weighted by molar-refractivity contribution is -0.384. The molecule has 6 heteroatoms. The number of likely N-dealkylation sites (tertiary alicyclic amines) is 1. The van der Waals surface area contributed by atoms with Gasteiger partial charge in [0.1, 0.15) is 5.69 Å². The van der Waals surface area contributed by atoms with E-state index in [1.807, 2.05) is 6.07 Å². The van der Waals surface area contributed by atoms with Crippen LogP contribution in [0.2, 0.25) is 0 Å². The van der Waals surface area contributed by atoms with E-state index in [0.29, 0.717) is 11.1 Å². The van der Waals surface area contributed by atoms with E-state index in [9.17, 15) is 10.1 Å². The van der Waals surface area contributed by atoms with Crippen molar-refractivity contribution in [2.24, 2.45) is 11.3 Å². The first-order valence-electron chi connectivity index (χ1n) is 6.37. The molecule has 19 heavy (non-hydrogen) atoms. The van der Waals surface area contributed by atoms with Gasteiger partial charge in [-0.25, -0.2) is 0 Å². The van der Waals surface area contributed by atoms with Gasteiger partial charge in [0.05, 0.1) is 4.92 Å². The van der Waals surface area contributed by atoms with Crippen LogP contribution >= 0.6 is 0 Å². The Morgan fingerprint density at radius 2 is 2.26 bits per heavy atom. The highest BCUT2D eigenvalue weighted by Gasteiger charge is 2.29. The van der Waals surface area contributed by atoms with E-state index in [4.69, 9.17) is 5.84 Å². The molecule has 1 aliphatic heterocycles. The second-order valence-corrected chi connectivity index (χ2v) is 5.88. The van der Waals surface area contributed by atoms with E-state index in [2.05, 4.69) is 24.2 Å². The Balaban J connectivity index is 2.13. The third kappa shape index (κ3) is 3.21. The molecule has 0 atom stereocenters. The van der Waals surface area contributed by atoms with Gasteiger partial charge in [0.15, 0.2) is 0 Å². The molecule has 2 rings (SSSR count). The number of nitrogens with one attached hydrogen (secondary N) is 1. The SMILES string of the molecule is CC1(C)CCN(Cc2ccc(NN)c([N+](=O)[O-])c2)C1. The molecule has 0 saturated carbocycles. The minimum atomic E-state index is -0.410. The van der Waals surface area contributed by atoms with E-state index >= 15 is 0 Å². The highest BCUT2D eigenvalue weighted by atomic mass is 16.6. The molecule has 1 saturated heterocycles. The Kier molecular flexibility index (Phi) is 3.73. The average molecular weight is 264 g/mol. The van der Waals surface area contributed by atoms with Gasteiger partial charge in [-0.1, -0.05) is 19.9 Å². The van der Waals surface area contributed by atoms with Gasteiger partial charge in [0, 0.05) is 19.2 Å². The van der Waals surface area contributed by atoms with E-state index in [-0.39, 0.29) is 5.69 Å². The van der Waals surface area contributed by atoms with Crippen LogP contribution in [0.25, 0.3) is 0 Å². The standard InChI is InChI=1S/C13H20N4O2/c1-13(2)5-6-16(9-13)8-10-3-4-11(15-14)12(7-10)17(18)19/h3-4,7,15H,5-6,8-9,14H2,1-2H3. The Hall–Kier alpha value is -1.66. The summed E-state index contributed by atoms with van der Waals surface area (Å²) in [6.07, 6.45) is 1.16. The van der Waals surface area contributed by atoms with Gasteiger partial charge < -0.3 is 5.43 Å². The fraction of sp³-hybridized carbons (Fsp3) is 0.538. The predicted molar refractivity (Wildman–Crippen MR) is 74.6 cm³/mol. The van der Waals surface area contributed by atoms with Crippen molar-refractivity contribution in [3.8, 4) is 0 Å². The highest BCUT2D eigenvalue weighted by Crippen LogP contribution is 2.31. The summed E-state index contributed by atoms with van der Waals surface area (Å²) in [7, 11) is 0. The number of nitro groups is 1. The van der Waals surface area contributed by atoms with Crippen molar-refractivity contribution >= 4 is 11.4 Å². The van der Waals surface area contributed by atoms with Gasteiger partial charge in [-0.05, 0) is 30.0 Å². The lowest BCUT2D eigenvalue weighted by Gasteiger charge is -2.19. The van der Waals surface area contributed by atoms with Crippen molar-refractivity contribution in [1.29, 1.82) is 0 Å². The second kappa shape index (κ2) is 5.14. The minimum absolute atomic E-state index is 0.0263. The summed E-state index contributed by atoms with van der Waals surface area (Å²) in [5, 5.41) is 11.0. The third-order valence-corrected chi connectivity index (χ3v) is 3.58. The Labute approximate surface area is 112 Å². The summed E-state index contributed by atoms with van der Waals surface area (Å²) in [6, 6.07) is 5.14. The van der Waals surface area contributed by atoms with Crippen LogP contribution in [0.3, 0.4) is 0 Å². The molecule has 6 nitrogen and oxygen atoms in total. The molecular formula is C13H20N4O2. The number of nitro benzene ring substituents is 1. The zero-order valence-electron chi connectivity index (χ0n) is 11.3. The number of hydrazine groups is 1. The van der Waals surface area contributed by atoms with Crippen molar-refractivity contribution in [3.05, 3.63) is 33.9 Å². The number of nitrogens with two attached hydrogens (primary N) is 1. The van der Waals surface area contributed by atoms with Gasteiger partial charge in [0.2, 0.25) is 0 Å². The molecule has 1 aliphatic rings. The van der Waals surface area contributed by atoms with Gasteiger partial charge >= 0.3 is 0 Å². The van der Waals surface area contributed by atoms with Crippen LogP contribution in [-0.4, -0.2) is 22.9 Å². The molecule has 104 valence electrons. The predicted octanol–water partition coefficient (Wildman–Crippen LogP) is 2.11. The fourth-order valence-corrected chi connectivity index (χ4v) is 2.57. The van der Waals surface area contributed by atoms with Crippen LogP contribution in [-0.2, 0) is 6.54 Å². The molecule has 1 heterocycles. The molecule has 1 aromatic carbocycles. The van der Waals surface area contributed by atoms with Gasteiger partial charge in [-0.2, -0.15) is 0 Å². The topological polar surface area (TPSA) is 84.4 Å². The molecule has 0 bridgehead atoms. The van der Waals surface area contributed by atoms with Crippen LogP contribution in [0, 0.1) is 15.5 Å². The van der Waals surface area contributed by atoms with E-state index < -0.39 is 4.92 Å². The first kappa shape index (κ1) is 13.8. The fourth-order valence-electron chi connectivity index (χ4n) is 2.57. The molecular weight excluding hydrogens is 244 g/mol. The molecule has 0 amide bonds. The van der Waals surface area contributed by atoms with Crippen LogP contribution in [0.4, 0.5) is 11.4 Å². The number of nitrogens with zero attached hydrogens (tertiary/aromatic N) is 2. The molecule has 1 fully saturated rings. The number of hydrogen-bond donors (Lipinski definition) is 2. The first-order valence-corrected chi connectivity index (χ1v) is 6.37. The summed E-state index contributed by atoms with van der Waals surface area (Å²) in [4.78, 5) is 12.9. The van der Waals surface area contributed by atoms with Crippen molar-refractivity contribution in [2.75, 3.05) is 18.5 Å². The normalized spacial score (nSPS) is 18.5. The molecule has 0 spiro atoms. The third-order valence-electron chi connectivity index (χ3n) is 3.58. The second-order valence-electron chi connectivity index (χ2n) is 5.88. The van der Waals surface area contributed by atoms with Crippen molar-refractivity contribution in [3.63, 3.8) is 0 Å². The van der Waals surface area contributed by atoms with Crippen molar-refractivity contribution in [1.82, 2.24) is 4.90 Å². The van der Waals surface area contributed by atoms with Crippen molar-refractivity contribution in [2.45, 2.75) is 26.8 Å². The number of anilines is 1. The van der Waals surface area contributed by atoms with Crippen LogP contribution in [0.1, 0.15) is 25.8 Å². The van der Waals surface area contributed by atoms with Gasteiger partial charge in [-0.3, -0.25) is 20.9 Å². The lowest BCUT2D eigenvalue weighted by atomic mass is 9.93. The van der Waals surface area contributed by atoms with E-state index in [0.717, 1.165) is 31.6 Å². The Bertz CT molecular complexity index is 488. The summed E-state index contributed by atoms with van der Waals surface area (Å²) in [5.41, 5.74) is 4.01. The molecule has 3 N–H and O–H groups in total. The van der Waals surface area contributed by atoms with Gasteiger partial charge in [-0.15, -0.1) is 0 Å². The maximum atomic E-state index is 11.0. The monoisotopic (exact) mass is 264 g/mol. The summed E-state index contributed by atoms with van der Waals surface area (Å²) < 4.78 is 0. The number of benzene rings is 1. The minimum Gasteiger partial charge on any atom is -0.318 e. The summed E-state index contributed by atoms with van der Waals surface area (Å²) in [5.74, 6) is 5.27. The Morgan fingerprint density at radius 3 is 2.79 bits per heavy atom. The van der Waals surface area contributed by atoms with Gasteiger partial charge in [0.25, 0.3) is 5.69 Å². The molecule has 0 radical (unpaired) electrons. The quantitative estimate of drug-likeness (QED) is 0.494. The van der Waals surface area contributed by atoms with Crippen LogP contribution in [0.5, 0.6) is 0 Å². The summed E-state index contributed by atoms with van der Waals surface area (Å²) in [6.45, 7) is 7.30. The average Bonchev–Trinajstić information content (AvgIpc) is 2.68. The zero-order chi connectivity index (χ0) is 14.0. The molecule has 0 aliphatic carbocycles. The first-order chi connectivity index (χ1) is 8.91. The maximum Gasteiger partial charge on any atom is 0.293 e. The largest absolute Gasteiger partial charge is 0.318 e. The number of rotatable bonds is 4. The zero-order valence-corrected chi connectivity index (χ0v) is 11.3. The molecule has 0 aromatic heterocycles. The molecule has 1 aromatic rings. The lowest BCUT2D eigenvalue weighted by Crippen LogP contribution is -2.23. The van der Waals surface area contributed by atoms with E-state index in [1.54, 1.807) is 12.1 Å². The van der Waals surface area contributed by atoms with Crippen LogP contribution in [0.15, 0.2) is 18.2 Å². The maximum absolute atomic E-state index is 11.0. The highest BCUT2D eigenvalue weighted by molar-refractivity contribution is 5.61. The van der Waals surface area contributed by atoms with E-state index in [1.165, 1.54) is 0 Å². The van der Waals surface area contributed by atoms with Crippen molar-refractivity contribution < 1.29 is 4.92 Å². The number of hydrogen-bond acceptors (Lipinski definition) is 5. The molecule has 0 unspecified atom stereocenters. The Morgan fingerprint density at radius 1 is 1.53 bits per heavy atom. The smallest absolute Gasteiger partial charge is 0.293 e. The number of nitrogen functional groups attached to an aromatic ring is 1.